The molecule has 0 radical (unpaired) electrons. The van der Waals surface area contributed by atoms with Crippen LogP contribution >= 0.6 is 11.3 Å². The van der Waals surface area contributed by atoms with Gasteiger partial charge in [0.15, 0.2) is 5.96 Å². The van der Waals surface area contributed by atoms with Crippen molar-refractivity contribution in [1.29, 1.82) is 0 Å². The summed E-state index contributed by atoms with van der Waals surface area (Å²) in [4.78, 5) is 9.89. The summed E-state index contributed by atoms with van der Waals surface area (Å²) >= 11 is 1.83. The molecule has 0 spiro atoms. The van der Waals surface area contributed by atoms with Crippen LogP contribution in [0.1, 0.15) is 48.8 Å². The van der Waals surface area contributed by atoms with E-state index in [1.807, 2.05) is 11.3 Å². The first-order valence-corrected chi connectivity index (χ1v) is 10.9. The number of nitrogens with one attached hydrogen (secondary N) is 1. The van der Waals surface area contributed by atoms with E-state index in [1.165, 1.54) is 22.6 Å². The van der Waals surface area contributed by atoms with Gasteiger partial charge in [0, 0.05) is 36.0 Å². The number of piperidine rings is 1. The predicted octanol–water partition coefficient (Wildman–Crippen LogP) is 3.57. The number of hydrogen-bond acceptors (Lipinski definition) is 4. The SMILES string of the molecule is CCNC(=NCc1ccc(C)s1)N1CCC(OCC2CCCCO2)CC1. The molecule has 6 heteroatoms. The van der Waals surface area contributed by atoms with Gasteiger partial charge in [-0.15, -0.1) is 11.3 Å². The Hall–Kier alpha value is -1.11. The third kappa shape index (κ3) is 5.96. The highest BCUT2D eigenvalue weighted by Crippen LogP contribution is 2.19. The minimum Gasteiger partial charge on any atom is -0.376 e. The van der Waals surface area contributed by atoms with Crippen LogP contribution in [0.5, 0.6) is 0 Å². The Kier molecular flexibility index (Phi) is 7.77. The molecule has 1 aromatic heterocycles. The second kappa shape index (κ2) is 10.3. The van der Waals surface area contributed by atoms with Crippen molar-refractivity contribution >= 4 is 17.3 Å². The number of aryl methyl sites for hydroxylation is 1. The molecule has 3 rings (SSSR count). The average molecular weight is 380 g/mol. The Morgan fingerprint density at radius 2 is 2.15 bits per heavy atom. The first kappa shape index (κ1) is 19.6. The fourth-order valence-corrected chi connectivity index (χ4v) is 4.38. The van der Waals surface area contributed by atoms with E-state index < -0.39 is 0 Å². The lowest BCUT2D eigenvalue weighted by Crippen LogP contribution is -2.47. The van der Waals surface area contributed by atoms with E-state index >= 15 is 0 Å². The Balaban J connectivity index is 1.44. The maximum Gasteiger partial charge on any atom is 0.194 e. The smallest absolute Gasteiger partial charge is 0.194 e. The molecule has 2 aliphatic rings. The van der Waals surface area contributed by atoms with E-state index in [9.17, 15) is 0 Å². The van der Waals surface area contributed by atoms with Crippen molar-refractivity contribution in [3.63, 3.8) is 0 Å². The Morgan fingerprint density at radius 3 is 2.81 bits per heavy atom. The number of nitrogens with zero attached hydrogens (tertiary/aromatic N) is 2. The fraction of sp³-hybridized carbons (Fsp3) is 0.750. The molecule has 0 saturated carbocycles. The van der Waals surface area contributed by atoms with Crippen molar-refractivity contribution in [2.24, 2.45) is 4.99 Å². The maximum atomic E-state index is 6.13. The largest absolute Gasteiger partial charge is 0.376 e. The summed E-state index contributed by atoms with van der Waals surface area (Å²) in [5.74, 6) is 1.03. The number of ether oxygens (including phenoxy) is 2. The minimum absolute atomic E-state index is 0.315. The summed E-state index contributed by atoms with van der Waals surface area (Å²) in [5.41, 5.74) is 0. The number of aliphatic imine (C=N–C) groups is 1. The van der Waals surface area contributed by atoms with Gasteiger partial charge in [-0.3, -0.25) is 0 Å². The lowest BCUT2D eigenvalue weighted by atomic mass is 10.1. The highest BCUT2D eigenvalue weighted by molar-refractivity contribution is 7.11. The van der Waals surface area contributed by atoms with Crippen LogP contribution < -0.4 is 5.32 Å². The monoisotopic (exact) mass is 379 g/mol. The summed E-state index contributed by atoms with van der Waals surface area (Å²) in [5, 5.41) is 3.45. The van der Waals surface area contributed by atoms with Crippen molar-refractivity contribution in [3.8, 4) is 0 Å². The molecule has 2 aliphatic heterocycles. The van der Waals surface area contributed by atoms with E-state index in [1.54, 1.807) is 0 Å². The van der Waals surface area contributed by atoms with Crippen molar-refractivity contribution in [2.75, 3.05) is 32.8 Å². The van der Waals surface area contributed by atoms with Crippen LogP contribution in [-0.2, 0) is 16.0 Å². The summed E-state index contributed by atoms with van der Waals surface area (Å²) in [6.07, 6.45) is 6.43. The van der Waals surface area contributed by atoms with E-state index in [0.29, 0.717) is 12.2 Å². The summed E-state index contributed by atoms with van der Waals surface area (Å²) in [6.45, 7) is 9.61. The van der Waals surface area contributed by atoms with Gasteiger partial charge in [-0.2, -0.15) is 0 Å². The Bertz CT molecular complexity index is 561. The van der Waals surface area contributed by atoms with Crippen LogP contribution in [0.4, 0.5) is 0 Å². The van der Waals surface area contributed by atoms with Crippen LogP contribution in [0.2, 0.25) is 0 Å². The molecule has 0 amide bonds. The standard InChI is InChI=1S/C20H33N3O2S/c1-3-21-20(22-14-19-8-7-16(2)26-19)23-11-9-17(10-12-23)25-15-18-6-4-5-13-24-18/h7-8,17-18H,3-6,9-15H2,1-2H3,(H,21,22). The highest BCUT2D eigenvalue weighted by Gasteiger charge is 2.23. The quantitative estimate of drug-likeness (QED) is 0.606. The second-order valence-electron chi connectivity index (χ2n) is 7.19. The fourth-order valence-electron chi connectivity index (χ4n) is 3.57. The van der Waals surface area contributed by atoms with E-state index in [0.717, 1.165) is 64.6 Å². The van der Waals surface area contributed by atoms with E-state index in [4.69, 9.17) is 14.5 Å². The first-order chi connectivity index (χ1) is 12.7. The lowest BCUT2D eigenvalue weighted by molar-refractivity contribution is -0.0721. The van der Waals surface area contributed by atoms with Gasteiger partial charge in [0.2, 0.25) is 0 Å². The van der Waals surface area contributed by atoms with Crippen molar-refractivity contribution in [3.05, 3.63) is 21.9 Å². The normalized spacial score (nSPS) is 22.6. The molecule has 2 saturated heterocycles. The minimum atomic E-state index is 0.315. The number of thiophene rings is 1. The lowest BCUT2D eigenvalue weighted by Gasteiger charge is -2.35. The van der Waals surface area contributed by atoms with Crippen LogP contribution in [-0.4, -0.2) is 55.9 Å². The van der Waals surface area contributed by atoms with Crippen LogP contribution in [0.15, 0.2) is 17.1 Å². The molecule has 0 aliphatic carbocycles. The van der Waals surface area contributed by atoms with Crippen molar-refractivity contribution in [2.45, 2.75) is 64.7 Å². The van der Waals surface area contributed by atoms with Gasteiger partial charge < -0.3 is 19.7 Å². The topological polar surface area (TPSA) is 46.1 Å². The average Bonchev–Trinajstić information content (AvgIpc) is 3.10. The number of rotatable bonds is 6. The number of hydrogen-bond donors (Lipinski definition) is 1. The molecule has 26 heavy (non-hydrogen) atoms. The molecule has 146 valence electrons. The number of likely N-dealkylation sites (tertiary alicyclic amines) is 1. The molecule has 1 atom stereocenters. The predicted molar refractivity (Wildman–Crippen MR) is 108 cm³/mol. The zero-order valence-corrected chi connectivity index (χ0v) is 17.0. The summed E-state index contributed by atoms with van der Waals surface area (Å²) in [6, 6.07) is 4.35. The molecule has 0 bridgehead atoms. The Morgan fingerprint density at radius 1 is 1.31 bits per heavy atom. The second-order valence-corrected chi connectivity index (χ2v) is 8.56. The van der Waals surface area contributed by atoms with Crippen LogP contribution in [0.3, 0.4) is 0 Å². The van der Waals surface area contributed by atoms with Gasteiger partial charge in [-0.25, -0.2) is 4.99 Å². The van der Waals surface area contributed by atoms with Gasteiger partial charge in [0.1, 0.15) is 0 Å². The van der Waals surface area contributed by atoms with Gasteiger partial charge >= 0.3 is 0 Å². The molecule has 1 N–H and O–H groups in total. The maximum absolute atomic E-state index is 6.13. The summed E-state index contributed by atoms with van der Waals surface area (Å²) < 4.78 is 11.9. The van der Waals surface area contributed by atoms with Crippen molar-refractivity contribution < 1.29 is 9.47 Å². The van der Waals surface area contributed by atoms with Gasteiger partial charge in [-0.1, -0.05) is 0 Å². The Labute approximate surface area is 161 Å². The third-order valence-electron chi connectivity index (χ3n) is 5.05. The van der Waals surface area contributed by atoms with Gasteiger partial charge in [0.05, 0.1) is 25.4 Å². The molecule has 1 unspecified atom stereocenters. The molecule has 3 heterocycles. The van der Waals surface area contributed by atoms with E-state index in [-0.39, 0.29) is 0 Å². The zero-order valence-electron chi connectivity index (χ0n) is 16.2. The summed E-state index contributed by atoms with van der Waals surface area (Å²) in [7, 11) is 0. The first-order valence-electron chi connectivity index (χ1n) is 10.1. The molecule has 5 nitrogen and oxygen atoms in total. The van der Waals surface area contributed by atoms with Gasteiger partial charge in [0.25, 0.3) is 0 Å². The van der Waals surface area contributed by atoms with Crippen LogP contribution in [0, 0.1) is 6.92 Å². The van der Waals surface area contributed by atoms with Gasteiger partial charge in [-0.05, 0) is 58.1 Å². The molecule has 1 aromatic rings. The molecule has 2 fully saturated rings. The zero-order chi connectivity index (χ0) is 18.2. The number of guanidine groups is 1. The van der Waals surface area contributed by atoms with Crippen LogP contribution in [0.25, 0.3) is 0 Å². The molecule has 0 aromatic carbocycles. The molecular weight excluding hydrogens is 346 g/mol. The van der Waals surface area contributed by atoms with E-state index in [2.05, 4.69) is 36.2 Å². The molecular formula is C20H33N3O2S. The third-order valence-corrected chi connectivity index (χ3v) is 6.03. The van der Waals surface area contributed by atoms with Crippen molar-refractivity contribution in [1.82, 2.24) is 10.2 Å². The highest BCUT2D eigenvalue weighted by atomic mass is 32.1.